The molecular formula is C32H37NO10. The lowest BCUT2D eigenvalue weighted by Crippen LogP contribution is -2.56. The van der Waals surface area contributed by atoms with Gasteiger partial charge < -0.3 is 34.6 Å². The number of hydrogen-bond acceptors (Lipinski definition) is 11. The number of ketones is 3. The number of aromatic hydroxyl groups is 2. The number of Topliss-reactive ketones (excluding diaryl/α,β-unsaturated/α-hetero) is 1. The number of piperidine rings is 1. The molecule has 0 saturated carbocycles. The highest BCUT2D eigenvalue weighted by Gasteiger charge is 2.50. The molecule has 4 unspecified atom stereocenters. The lowest BCUT2D eigenvalue weighted by Gasteiger charge is -2.46. The highest BCUT2D eigenvalue weighted by Crippen LogP contribution is 2.52. The minimum Gasteiger partial charge on any atom is -0.507 e. The van der Waals surface area contributed by atoms with E-state index in [9.17, 15) is 34.8 Å². The van der Waals surface area contributed by atoms with E-state index < -0.39 is 71.0 Å². The van der Waals surface area contributed by atoms with E-state index in [1.807, 2.05) is 0 Å². The third-order valence-electron chi connectivity index (χ3n) is 9.58. The van der Waals surface area contributed by atoms with E-state index in [4.69, 9.17) is 14.2 Å². The topological polar surface area (TPSA) is 163 Å². The van der Waals surface area contributed by atoms with Gasteiger partial charge in [0.15, 0.2) is 17.9 Å². The van der Waals surface area contributed by atoms with Gasteiger partial charge in [-0.05, 0) is 45.8 Å². The van der Waals surface area contributed by atoms with Crippen molar-refractivity contribution in [2.24, 2.45) is 0 Å². The van der Waals surface area contributed by atoms with E-state index in [-0.39, 0.29) is 52.5 Å². The fourth-order valence-electron chi connectivity index (χ4n) is 7.21. The molecule has 2 aromatic carbocycles. The molecule has 0 spiro atoms. The predicted molar refractivity (Wildman–Crippen MR) is 152 cm³/mol. The number of nitrogens with zero attached hydrogens (tertiary/aromatic N) is 1. The number of carbonyl (C=O) groups excluding carboxylic acids is 3. The van der Waals surface area contributed by atoms with Crippen LogP contribution in [0.15, 0.2) is 18.2 Å². The van der Waals surface area contributed by atoms with E-state index >= 15 is 0 Å². The quantitative estimate of drug-likeness (QED) is 0.321. The largest absolute Gasteiger partial charge is 0.507 e. The molecule has 6 atom stereocenters. The van der Waals surface area contributed by atoms with E-state index in [0.717, 1.165) is 32.4 Å². The molecule has 4 N–H and O–H groups in total. The molecule has 43 heavy (non-hydrogen) atoms. The van der Waals surface area contributed by atoms with Crippen molar-refractivity contribution in [3.8, 4) is 17.2 Å². The molecule has 11 nitrogen and oxygen atoms in total. The van der Waals surface area contributed by atoms with Crippen molar-refractivity contribution in [3.63, 3.8) is 0 Å². The monoisotopic (exact) mass is 595 g/mol. The molecule has 0 aromatic heterocycles. The number of phenolic OH excluding ortho intramolecular Hbond substituents is 2. The van der Waals surface area contributed by atoms with Crippen molar-refractivity contribution in [1.29, 1.82) is 0 Å². The van der Waals surface area contributed by atoms with Crippen LogP contribution < -0.4 is 4.74 Å². The van der Waals surface area contributed by atoms with Gasteiger partial charge in [-0.15, -0.1) is 0 Å². The van der Waals surface area contributed by atoms with Gasteiger partial charge in [-0.25, -0.2) is 0 Å². The Bertz CT molecular complexity index is 1500. The Labute approximate surface area is 249 Å². The molecule has 0 amide bonds. The minimum absolute atomic E-state index is 0.00356. The Hall–Kier alpha value is -3.35. The Morgan fingerprint density at radius 3 is 2.42 bits per heavy atom. The summed E-state index contributed by atoms with van der Waals surface area (Å²) in [6, 6.07) is 4.25. The molecule has 11 heteroatoms. The van der Waals surface area contributed by atoms with Crippen molar-refractivity contribution < 1.29 is 49.0 Å². The number of likely N-dealkylation sites (tertiary alicyclic amines) is 1. The Balaban J connectivity index is 1.44. The van der Waals surface area contributed by atoms with E-state index in [1.165, 1.54) is 26.2 Å². The maximum absolute atomic E-state index is 13.8. The fraction of sp³-hybridized carbons (Fsp3) is 0.531. The molecule has 2 aromatic rings. The summed E-state index contributed by atoms with van der Waals surface area (Å²) in [5, 5.41) is 45.6. The third kappa shape index (κ3) is 4.74. The van der Waals surface area contributed by atoms with Gasteiger partial charge >= 0.3 is 0 Å². The third-order valence-corrected chi connectivity index (χ3v) is 9.58. The van der Waals surface area contributed by atoms with E-state index in [1.54, 1.807) is 13.0 Å². The lowest BCUT2D eigenvalue weighted by atomic mass is 9.72. The number of benzene rings is 2. The second kappa shape index (κ2) is 11.0. The van der Waals surface area contributed by atoms with Crippen LogP contribution in [0.1, 0.15) is 95.0 Å². The van der Waals surface area contributed by atoms with Gasteiger partial charge in [-0.3, -0.25) is 19.3 Å². The number of carbonyl (C=O) groups is 3. The van der Waals surface area contributed by atoms with Crippen molar-refractivity contribution in [2.45, 2.75) is 88.6 Å². The first-order valence-corrected chi connectivity index (χ1v) is 14.8. The van der Waals surface area contributed by atoms with Gasteiger partial charge in [0.1, 0.15) is 22.8 Å². The van der Waals surface area contributed by atoms with Gasteiger partial charge in [0, 0.05) is 42.0 Å². The Kier molecular flexibility index (Phi) is 7.58. The summed E-state index contributed by atoms with van der Waals surface area (Å²) in [5.41, 5.74) is -2.83. The van der Waals surface area contributed by atoms with Crippen molar-refractivity contribution >= 4 is 17.3 Å². The molecular weight excluding hydrogens is 558 g/mol. The maximum atomic E-state index is 13.8. The number of hydrogen-bond donors (Lipinski definition) is 4. The van der Waals surface area contributed by atoms with Crippen LogP contribution in [0.2, 0.25) is 0 Å². The smallest absolute Gasteiger partial charge is 0.202 e. The van der Waals surface area contributed by atoms with Crippen molar-refractivity contribution in [1.82, 2.24) is 4.90 Å². The Morgan fingerprint density at radius 2 is 1.74 bits per heavy atom. The summed E-state index contributed by atoms with van der Waals surface area (Å²) in [6.45, 7) is 4.63. The summed E-state index contributed by atoms with van der Waals surface area (Å²) >= 11 is 0. The van der Waals surface area contributed by atoms with Gasteiger partial charge in [0.25, 0.3) is 0 Å². The molecule has 230 valence electrons. The first-order valence-electron chi connectivity index (χ1n) is 14.8. The number of ether oxygens (including phenoxy) is 3. The SMILES string of the molecule is COc1cccc2c1C(=O)c1c(O)c3c(c(O)c1C2=O)C[C@@](O)(C(C)=O)C[C@@H]3OC1CC(N2CCCCC2)C(O)C(C)O1. The number of fused-ring (bicyclic) bond motifs is 3. The van der Waals surface area contributed by atoms with Crippen LogP contribution in [0.4, 0.5) is 0 Å². The average Bonchev–Trinajstić information content (AvgIpc) is 2.99. The molecule has 4 aliphatic rings. The van der Waals surface area contributed by atoms with Gasteiger partial charge in [0.2, 0.25) is 5.78 Å². The zero-order chi connectivity index (χ0) is 30.8. The number of rotatable bonds is 5. The van der Waals surface area contributed by atoms with Crippen LogP contribution in [-0.4, -0.2) is 93.0 Å². The molecule has 0 radical (unpaired) electrons. The zero-order valence-corrected chi connectivity index (χ0v) is 24.5. The van der Waals surface area contributed by atoms with Crippen LogP contribution >= 0.6 is 0 Å². The number of phenols is 2. The minimum atomic E-state index is -1.98. The number of aliphatic hydroxyl groups is 2. The first kappa shape index (κ1) is 29.7. The van der Waals surface area contributed by atoms with Crippen LogP contribution in [0.5, 0.6) is 17.2 Å². The van der Waals surface area contributed by atoms with E-state index in [2.05, 4.69) is 4.90 Å². The van der Waals surface area contributed by atoms with Crippen LogP contribution in [0.3, 0.4) is 0 Å². The van der Waals surface area contributed by atoms with Crippen molar-refractivity contribution in [3.05, 3.63) is 51.6 Å². The van der Waals surface area contributed by atoms with Crippen LogP contribution in [0, 0.1) is 0 Å². The molecule has 2 saturated heterocycles. The predicted octanol–water partition coefficient (Wildman–Crippen LogP) is 2.56. The summed E-state index contributed by atoms with van der Waals surface area (Å²) in [6.07, 6.45) is -0.660. The molecule has 6 rings (SSSR count). The number of aliphatic hydroxyl groups excluding tert-OH is 1. The summed E-state index contributed by atoms with van der Waals surface area (Å²) in [5.74, 6) is -3.01. The lowest BCUT2D eigenvalue weighted by molar-refractivity contribution is -0.259. The highest BCUT2D eigenvalue weighted by atomic mass is 16.7. The molecule has 2 aliphatic heterocycles. The van der Waals surface area contributed by atoms with Crippen LogP contribution in [0.25, 0.3) is 0 Å². The highest BCUT2D eigenvalue weighted by molar-refractivity contribution is 6.31. The van der Waals surface area contributed by atoms with Gasteiger partial charge in [0.05, 0.1) is 42.1 Å². The Morgan fingerprint density at radius 1 is 1.05 bits per heavy atom. The molecule has 2 aliphatic carbocycles. The van der Waals surface area contributed by atoms with Gasteiger partial charge in [-0.1, -0.05) is 18.6 Å². The molecule has 2 heterocycles. The second-order valence-corrected chi connectivity index (χ2v) is 12.1. The second-order valence-electron chi connectivity index (χ2n) is 12.1. The first-order chi connectivity index (χ1) is 20.5. The van der Waals surface area contributed by atoms with E-state index in [0.29, 0.717) is 0 Å². The summed E-state index contributed by atoms with van der Waals surface area (Å²) in [4.78, 5) is 42.4. The standard InChI is InChI=1S/C32H37NO10/c1-15-27(35)19(33-10-5-4-6-11-33)12-22(42-15)43-21-14-32(40,16(2)34)13-18-24(21)31(39)26-25(29(18)37)28(36)17-8-7-9-20(41-3)23(17)30(26)38/h7-9,15,19,21-22,27,35,37,39-40H,4-6,10-14H2,1-3H3/t15?,19?,21-,22?,27?,32-/m0/s1. The van der Waals surface area contributed by atoms with Gasteiger partial charge in [-0.2, -0.15) is 0 Å². The molecule has 2 fully saturated rings. The summed E-state index contributed by atoms with van der Waals surface area (Å²) in [7, 11) is 1.36. The fourth-order valence-corrected chi connectivity index (χ4v) is 7.21. The summed E-state index contributed by atoms with van der Waals surface area (Å²) < 4.78 is 17.7. The maximum Gasteiger partial charge on any atom is 0.202 e. The van der Waals surface area contributed by atoms with Crippen LogP contribution in [-0.2, 0) is 20.7 Å². The normalized spacial score (nSPS) is 30.8. The van der Waals surface area contributed by atoms with Crippen molar-refractivity contribution in [2.75, 3.05) is 20.2 Å². The molecule has 0 bridgehead atoms. The average molecular weight is 596 g/mol. The zero-order valence-electron chi connectivity index (χ0n) is 24.5. The number of methoxy groups -OCH3 is 1.